The molecule has 2 aromatic rings. The number of anilines is 1. The van der Waals surface area contributed by atoms with E-state index in [1.165, 1.54) is 24.3 Å². The number of halogens is 2. The SMILES string of the molecule is N#Cc1ccc(Oc2nc(F)c(Cl)c3c2N(CC2CCCO2)CCS3(=O)=O)cc1. The number of hydrogen-bond donors (Lipinski definition) is 0. The van der Waals surface area contributed by atoms with Gasteiger partial charge in [0.15, 0.2) is 9.84 Å². The number of sulfone groups is 1. The third-order valence-corrected chi connectivity index (χ3v) is 7.10. The highest BCUT2D eigenvalue weighted by atomic mass is 35.5. The molecular weight excluding hydrogens is 421 g/mol. The van der Waals surface area contributed by atoms with Crippen LogP contribution in [0.25, 0.3) is 0 Å². The topological polar surface area (TPSA) is 92.5 Å². The molecule has 1 aromatic heterocycles. The number of nitriles is 1. The Hall–Kier alpha value is -2.41. The molecule has 0 spiro atoms. The van der Waals surface area contributed by atoms with Gasteiger partial charge >= 0.3 is 0 Å². The van der Waals surface area contributed by atoms with Crippen LogP contribution in [0.1, 0.15) is 18.4 Å². The summed E-state index contributed by atoms with van der Waals surface area (Å²) in [6, 6.07) is 8.12. The lowest BCUT2D eigenvalue weighted by atomic mass is 10.2. The van der Waals surface area contributed by atoms with Gasteiger partial charge in [-0.2, -0.15) is 14.6 Å². The molecule has 1 aromatic carbocycles. The minimum atomic E-state index is -3.80. The van der Waals surface area contributed by atoms with Gasteiger partial charge in [-0.15, -0.1) is 0 Å². The summed E-state index contributed by atoms with van der Waals surface area (Å²) in [6.07, 6.45) is 1.73. The lowest BCUT2D eigenvalue weighted by Gasteiger charge is -2.33. The van der Waals surface area contributed by atoms with Crippen LogP contribution in [0, 0.1) is 17.3 Å². The molecular formula is C19H17ClFN3O4S. The van der Waals surface area contributed by atoms with Crippen LogP contribution in [0.5, 0.6) is 11.6 Å². The number of nitrogens with zero attached hydrogens (tertiary/aromatic N) is 3. The minimum absolute atomic E-state index is 0.0600. The van der Waals surface area contributed by atoms with Gasteiger partial charge in [-0.05, 0) is 37.1 Å². The summed E-state index contributed by atoms with van der Waals surface area (Å²) >= 11 is 6.03. The van der Waals surface area contributed by atoms with E-state index < -0.39 is 20.8 Å². The number of rotatable bonds is 4. The lowest BCUT2D eigenvalue weighted by molar-refractivity contribution is 0.115. The first-order chi connectivity index (χ1) is 13.9. The number of fused-ring (bicyclic) bond motifs is 1. The summed E-state index contributed by atoms with van der Waals surface area (Å²) in [4.78, 5) is 5.26. The number of ether oxygens (including phenoxy) is 2. The van der Waals surface area contributed by atoms with Gasteiger partial charge in [0.25, 0.3) is 0 Å². The zero-order valence-electron chi connectivity index (χ0n) is 15.3. The molecule has 0 radical (unpaired) electrons. The van der Waals surface area contributed by atoms with Gasteiger partial charge in [-0.1, -0.05) is 11.6 Å². The molecule has 7 nitrogen and oxygen atoms in total. The van der Waals surface area contributed by atoms with Crippen molar-refractivity contribution in [3.05, 3.63) is 40.8 Å². The first-order valence-corrected chi connectivity index (χ1v) is 11.1. The molecule has 3 heterocycles. The van der Waals surface area contributed by atoms with Gasteiger partial charge in [-0.3, -0.25) is 0 Å². The molecule has 0 N–H and O–H groups in total. The molecule has 152 valence electrons. The first kappa shape index (κ1) is 19.9. The Morgan fingerprint density at radius 2 is 2.14 bits per heavy atom. The fourth-order valence-electron chi connectivity index (χ4n) is 3.49. The Balaban J connectivity index is 1.80. The van der Waals surface area contributed by atoms with Crippen molar-refractivity contribution in [2.75, 3.05) is 30.3 Å². The fourth-order valence-corrected chi connectivity index (χ4v) is 5.51. The number of hydrogen-bond acceptors (Lipinski definition) is 7. The highest BCUT2D eigenvalue weighted by Gasteiger charge is 2.38. The summed E-state index contributed by atoms with van der Waals surface area (Å²) in [5.74, 6) is -1.20. The van der Waals surface area contributed by atoms with E-state index in [4.69, 9.17) is 26.3 Å². The van der Waals surface area contributed by atoms with Crippen molar-refractivity contribution in [3.8, 4) is 17.7 Å². The molecule has 4 rings (SSSR count). The van der Waals surface area contributed by atoms with Gasteiger partial charge in [0.05, 0.1) is 23.5 Å². The average molecular weight is 438 g/mol. The zero-order valence-corrected chi connectivity index (χ0v) is 16.8. The van der Waals surface area contributed by atoms with Gasteiger partial charge in [-0.25, -0.2) is 8.42 Å². The van der Waals surface area contributed by atoms with E-state index in [1.807, 2.05) is 6.07 Å². The highest BCUT2D eigenvalue weighted by Crippen LogP contribution is 2.44. The average Bonchev–Trinajstić information content (AvgIpc) is 3.21. The molecule has 1 saturated heterocycles. The van der Waals surface area contributed by atoms with Crippen molar-refractivity contribution in [2.45, 2.75) is 23.8 Å². The van der Waals surface area contributed by atoms with Crippen LogP contribution in [-0.4, -0.2) is 45.0 Å². The van der Waals surface area contributed by atoms with E-state index >= 15 is 0 Å². The predicted molar refractivity (Wildman–Crippen MR) is 104 cm³/mol. The van der Waals surface area contributed by atoms with Crippen LogP contribution >= 0.6 is 11.6 Å². The standard InChI is InChI=1S/C19H17ClFN3O4S/c20-15-17-16(24(7-9-29(17,25)26)11-14-2-1-8-27-14)19(23-18(15)21)28-13-5-3-12(10-22)4-6-13/h3-6,14H,1-2,7-9,11H2. The second-order valence-electron chi connectivity index (χ2n) is 6.84. The Morgan fingerprint density at radius 1 is 1.38 bits per heavy atom. The Bertz CT molecular complexity index is 1080. The van der Waals surface area contributed by atoms with Gasteiger partial charge in [0.1, 0.15) is 21.4 Å². The first-order valence-electron chi connectivity index (χ1n) is 9.05. The van der Waals surface area contributed by atoms with Crippen LogP contribution in [0.15, 0.2) is 29.2 Å². The predicted octanol–water partition coefficient (Wildman–Crippen LogP) is 3.31. The van der Waals surface area contributed by atoms with Crippen molar-refractivity contribution in [3.63, 3.8) is 0 Å². The van der Waals surface area contributed by atoms with Crippen molar-refractivity contribution in [1.82, 2.24) is 4.98 Å². The number of pyridine rings is 1. The molecule has 1 unspecified atom stereocenters. The normalized spacial score (nSPS) is 20.2. The third-order valence-electron chi connectivity index (χ3n) is 4.90. The van der Waals surface area contributed by atoms with E-state index in [-0.39, 0.29) is 34.9 Å². The van der Waals surface area contributed by atoms with Gasteiger partial charge in [0, 0.05) is 19.7 Å². The van der Waals surface area contributed by atoms with E-state index in [2.05, 4.69) is 4.98 Å². The van der Waals surface area contributed by atoms with E-state index in [0.717, 1.165) is 12.8 Å². The summed E-state index contributed by atoms with van der Waals surface area (Å²) in [7, 11) is -3.80. The molecule has 0 amide bonds. The van der Waals surface area contributed by atoms with Crippen LogP contribution < -0.4 is 9.64 Å². The molecule has 2 aliphatic rings. The maximum atomic E-state index is 14.4. The van der Waals surface area contributed by atoms with Crippen LogP contribution in [0.2, 0.25) is 5.02 Å². The Kier molecular flexibility index (Phi) is 5.34. The largest absolute Gasteiger partial charge is 0.437 e. The molecule has 0 saturated carbocycles. The van der Waals surface area contributed by atoms with Crippen molar-refractivity contribution < 1.29 is 22.3 Å². The fraction of sp³-hybridized carbons (Fsp3) is 0.368. The van der Waals surface area contributed by atoms with E-state index in [1.54, 1.807) is 4.90 Å². The third kappa shape index (κ3) is 3.88. The summed E-state index contributed by atoms with van der Waals surface area (Å²) in [5, 5.41) is 8.38. The second kappa shape index (κ2) is 7.78. The molecule has 10 heteroatoms. The van der Waals surface area contributed by atoms with Gasteiger partial charge < -0.3 is 14.4 Å². The maximum absolute atomic E-state index is 14.4. The molecule has 2 aliphatic heterocycles. The maximum Gasteiger partial charge on any atom is 0.247 e. The van der Waals surface area contributed by atoms with Crippen molar-refractivity contribution in [2.24, 2.45) is 0 Å². The number of benzene rings is 1. The highest BCUT2D eigenvalue weighted by molar-refractivity contribution is 7.91. The summed E-state index contributed by atoms with van der Waals surface area (Å²) in [6.45, 7) is 1.28. The molecule has 0 aliphatic carbocycles. The smallest absolute Gasteiger partial charge is 0.247 e. The summed E-state index contributed by atoms with van der Waals surface area (Å²) in [5.41, 5.74) is 0.569. The molecule has 0 bridgehead atoms. The van der Waals surface area contributed by atoms with Crippen molar-refractivity contribution >= 4 is 27.1 Å². The quantitative estimate of drug-likeness (QED) is 0.677. The monoisotopic (exact) mass is 437 g/mol. The Labute approximate surface area is 172 Å². The molecule has 29 heavy (non-hydrogen) atoms. The Morgan fingerprint density at radius 3 is 2.79 bits per heavy atom. The molecule has 1 fully saturated rings. The van der Waals surface area contributed by atoms with E-state index in [9.17, 15) is 12.8 Å². The van der Waals surface area contributed by atoms with Crippen LogP contribution in [0.3, 0.4) is 0 Å². The lowest BCUT2D eigenvalue weighted by Crippen LogP contribution is -2.40. The van der Waals surface area contributed by atoms with E-state index in [0.29, 0.717) is 24.5 Å². The minimum Gasteiger partial charge on any atom is -0.437 e. The summed E-state index contributed by atoms with van der Waals surface area (Å²) < 4.78 is 51.2. The van der Waals surface area contributed by atoms with Crippen LogP contribution in [0.4, 0.5) is 10.1 Å². The number of aromatic nitrogens is 1. The van der Waals surface area contributed by atoms with Gasteiger partial charge in [0.2, 0.25) is 11.8 Å². The van der Waals surface area contributed by atoms with Crippen LogP contribution in [-0.2, 0) is 14.6 Å². The zero-order chi connectivity index (χ0) is 20.6. The molecule has 1 atom stereocenters. The second-order valence-corrected chi connectivity index (χ2v) is 9.26. The van der Waals surface area contributed by atoms with Crippen molar-refractivity contribution in [1.29, 1.82) is 5.26 Å².